The largest absolute Gasteiger partial charge is 0.461 e. The van der Waals surface area contributed by atoms with Gasteiger partial charge in [-0.2, -0.15) is 9.97 Å². The zero-order chi connectivity index (χ0) is 32.2. The van der Waals surface area contributed by atoms with Crippen LogP contribution < -0.4 is 15.4 Å². The van der Waals surface area contributed by atoms with Gasteiger partial charge in [0.1, 0.15) is 18.6 Å². The Labute approximate surface area is 280 Å². The van der Waals surface area contributed by atoms with E-state index in [0.717, 1.165) is 104 Å². The van der Waals surface area contributed by atoms with E-state index < -0.39 is 11.8 Å². The lowest BCUT2D eigenvalue weighted by Gasteiger charge is -2.37. The van der Waals surface area contributed by atoms with Crippen molar-refractivity contribution in [2.24, 2.45) is 10.7 Å². The molecule has 6 heterocycles. The maximum absolute atomic E-state index is 14.6. The van der Waals surface area contributed by atoms with Crippen molar-refractivity contribution in [3.05, 3.63) is 57.4 Å². The zero-order valence-corrected chi connectivity index (χ0v) is 27.6. The fourth-order valence-electron chi connectivity index (χ4n) is 8.75. The monoisotopic (exact) mass is 663 g/mol. The Balaban J connectivity index is 1.12. The minimum absolute atomic E-state index is 0.130. The average Bonchev–Trinajstić information content (AvgIpc) is 3.83. The third-order valence-electron chi connectivity index (χ3n) is 11.1. The number of carbonyl (C=O) groups excluding carboxylic acids is 1. The number of nitrogens with two attached hydrogens (primary N) is 1. The van der Waals surface area contributed by atoms with Gasteiger partial charge in [0, 0.05) is 56.2 Å². The molecule has 5 aliphatic heterocycles. The highest BCUT2D eigenvalue weighted by molar-refractivity contribution is 6.31. The Morgan fingerprint density at radius 1 is 1.13 bits per heavy atom. The highest BCUT2D eigenvalue weighted by Gasteiger charge is 2.50. The van der Waals surface area contributed by atoms with Gasteiger partial charge in [0.15, 0.2) is 0 Å². The van der Waals surface area contributed by atoms with Gasteiger partial charge in [0.05, 0.1) is 41.4 Å². The molecule has 12 heteroatoms. The molecular formula is C35H43ClFN7O3. The summed E-state index contributed by atoms with van der Waals surface area (Å²) < 4.78 is 27.8. The molecule has 3 atom stereocenters. The normalized spacial score (nSPS) is 29.1. The predicted octanol–water partition coefficient (Wildman–Crippen LogP) is 4.12. The molecule has 10 nitrogen and oxygen atoms in total. The molecule has 250 valence electrons. The molecule has 3 fully saturated rings. The molecule has 1 aliphatic carbocycles. The second-order valence-corrected chi connectivity index (χ2v) is 14.5. The first-order valence-electron chi connectivity index (χ1n) is 17.2. The maximum atomic E-state index is 14.6. The van der Waals surface area contributed by atoms with Crippen molar-refractivity contribution in [2.45, 2.75) is 81.7 Å². The van der Waals surface area contributed by atoms with Crippen LogP contribution in [0.3, 0.4) is 0 Å². The number of benzene rings is 1. The fraction of sp³-hybridized carbons (Fsp3) is 0.600. The number of rotatable bonds is 6. The van der Waals surface area contributed by atoms with E-state index in [9.17, 15) is 9.18 Å². The Morgan fingerprint density at radius 3 is 2.87 bits per heavy atom. The first-order valence-corrected chi connectivity index (χ1v) is 17.6. The lowest BCUT2D eigenvalue weighted by molar-refractivity contribution is -0.126. The minimum Gasteiger partial charge on any atom is -0.461 e. The third kappa shape index (κ3) is 5.68. The molecule has 1 spiro atoms. The SMILES string of the molecule is NC(=CC1=NCCCN(c2nc(OC[C@@]34CCCN3C[C@H](F)C4)nc3c2CO[C@@]2(CCc4c(Cl)cccc42)C3)C1)C(=O)N1CCCC1. The lowest BCUT2D eigenvalue weighted by atomic mass is 9.87. The summed E-state index contributed by atoms with van der Waals surface area (Å²) in [4.78, 5) is 34.1. The lowest BCUT2D eigenvalue weighted by Crippen LogP contribution is -2.43. The van der Waals surface area contributed by atoms with Crippen LogP contribution in [0.5, 0.6) is 6.01 Å². The highest BCUT2D eigenvalue weighted by atomic mass is 35.5. The van der Waals surface area contributed by atoms with Crippen LogP contribution in [0.4, 0.5) is 10.2 Å². The number of nitrogens with zero attached hydrogens (tertiary/aromatic N) is 6. The standard InChI is InChI=1S/C35H43ClFN7O3/c36-28-7-3-6-27-25(28)8-10-35(27)18-30-26(21-47-35)31(41-33(40-30)46-22-34-9-4-15-44(34)19-23(37)17-34)43-14-5-11-39-24(20-43)16-29(38)32(45)42-12-1-2-13-42/h3,6-7,16,23H,1-2,4-5,8-15,17-22,38H2/t23-,34+,35+/m1/s1. The summed E-state index contributed by atoms with van der Waals surface area (Å²) in [5.74, 6) is 0.627. The second-order valence-electron chi connectivity index (χ2n) is 14.1. The van der Waals surface area contributed by atoms with Crippen LogP contribution in [0.15, 0.2) is 35.0 Å². The summed E-state index contributed by atoms with van der Waals surface area (Å²) in [6, 6.07) is 6.37. The summed E-state index contributed by atoms with van der Waals surface area (Å²) in [5, 5.41) is 0.774. The molecule has 1 aromatic heterocycles. The van der Waals surface area contributed by atoms with Crippen molar-refractivity contribution < 1.29 is 18.7 Å². The summed E-state index contributed by atoms with van der Waals surface area (Å²) >= 11 is 6.62. The quantitative estimate of drug-likeness (QED) is 0.460. The van der Waals surface area contributed by atoms with E-state index in [-0.39, 0.29) is 17.1 Å². The van der Waals surface area contributed by atoms with Crippen molar-refractivity contribution in [3.63, 3.8) is 0 Å². The van der Waals surface area contributed by atoms with Crippen LogP contribution in [0.25, 0.3) is 0 Å². The van der Waals surface area contributed by atoms with Gasteiger partial charge < -0.3 is 25.0 Å². The molecule has 0 radical (unpaired) electrons. The van der Waals surface area contributed by atoms with Crippen LogP contribution in [0.1, 0.15) is 67.3 Å². The molecule has 2 aromatic rings. The number of halogens is 2. The second kappa shape index (κ2) is 12.3. The van der Waals surface area contributed by atoms with Gasteiger partial charge in [0.25, 0.3) is 5.91 Å². The van der Waals surface area contributed by atoms with Crippen LogP contribution >= 0.6 is 11.6 Å². The third-order valence-corrected chi connectivity index (χ3v) is 11.5. The number of aliphatic imine (C=N–C) groups is 1. The van der Waals surface area contributed by atoms with Crippen LogP contribution in [0.2, 0.25) is 5.02 Å². The van der Waals surface area contributed by atoms with Gasteiger partial charge >= 0.3 is 6.01 Å². The van der Waals surface area contributed by atoms with Crippen molar-refractivity contribution >= 4 is 29.0 Å². The average molecular weight is 664 g/mol. The van der Waals surface area contributed by atoms with Gasteiger partial charge in [-0.25, -0.2) is 4.39 Å². The number of anilines is 1. The van der Waals surface area contributed by atoms with Crippen molar-refractivity contribution in [1.82, 2.24) is 19.8 Å². The summed E-state index contributed by atoms with van der Waals surface area (Å²) in [5.41, 5.74) is 10.6. The number of fused-ring (bicyclic) bond motifs is 4. The van der Waals surface area contributed by atoms with E-state index in [4.69, 9.17) is 41.8 Å². The first kappa shape index (κ1) is 31.0. The Bertz CT molecular complexity index is 1630. The van der Waals surface area contributed by atoms with Crippen molar-refractivity contribution in [2.75, 3.05) is 57.3 Å². The minimum atomic E-state index is -0.835. The van der Waals surface area contributed by atoms with Crippen molar-refractivity contribution in [3.8, 4) is 6.01 Å². The number of aromatic nitrogens is 2. The predicted molar refractivity (Wildman–Crippen MR) is 178 cm³/mol. The maximum Gasteiger partial charge on any atom is 0.318 e. The molecule has 0 unspecified atom stereocenters. The smallest absolute Gasteiger partial charge is 0.318 e. The Morgan fingerprint density at radius 2 is 2.00 bits per heavy atom. The summed E-state index contributed by atoms with van der Waals surface area (Å²) in [7, 11) is 0. The van der Waals surface area contributed by atoms with Crippen LogP contribution in [0, 0.1) is 0 Å². The van der Waals surface area contributed by atoms with Crippen LogP contribution in [-0.4, -0.2) is 95.5 Å². The number of ether oxygens (including phenoxy) is 2. The highest BCUT2D eigenvalue weighted by Crippen LogP contribution is 2.49. The van der Waals surface area contributed by atoms with E-state index in [0.29, 0.717) is 58.2 Å². The van der Waals surface area contributed by atoms with Gasteiger partial charge in [-0.05, 0) is 74.8 Å². The number of amides is 1. The molecule has 6 aliphatic rings. The molecule has 2 N–H and O–H groups in total. The molecule has 0 saturated carbocycles. The fourth-order valence-corrected chi connectivity index (χ4v) is 9.02. The number of hydrogen-bond acceptors (Lipinski definition) is 9. The number of likely N-dealkylation sites (tertiary alicyclic amines) is 1. The molecule has 1 amide bonds. The van der Waals surface area contributed by atoms with E-state index in [2.05, 4.69) is 15.9 Å². The van der Waals surface area contributed by atoms with E-state index in [1.807, 2.05) is 17.0 Å². The van der Waals surface area contributed by atoms with Crippen molar-refractivity contribution in [1.29, 1.82) is 0 Å². The molecule has 0 bridgehead atoms. The zero-order valence-electron chi connectivity index (χ0n) is 26.9. The van der Waals surface area contributed by atoms with Gasteiger partial charge in [-0.1, -0.05) is 23.7 Å². The number of carbonyl (C=O) groups is 1. The van der Waals surface area contributed by atoms with E-state index in [1.54, 1.807) is 6.08 Å². The number of hydrogen-bond donors (Lipinski definition) is 1. The Hall–Kier alpha value is -3.28. The first-order chi connectivity index (χ1) is 22.8. The molecule has 8 rings (SSSR count). The van der Waals surface area contributed by atoms with E-state index in [1.165, 1.54) is 0 Å². The topological polar surface area (TPSA) is 109 Å². The van der Waals surface area contributed by atoms with Gasteiger partial charge in [0.2, 0.25) is 0 Å². The van der Waals surface area contributed by atoms with E-state index >= 15 is 0 Å². The summed E-state index contributed by atoms with van der Waals surface area (Å²) in [6.07, 6.45) is 8.42. The van der Waals surface area contributed by atoms with Gasteiger partial charge in [-0.15, -0.1) is 0 Å². The molecule has 47 heavy (non-hydrogen) atoms. The van der Waals surface area contributed by atoms with Crippen LogP contribution in [-0.2, 0) is 34.6 Å². The number of alkyl halides is 1. The molecular weight excluding hydrogens is 621 g/mol. The Kier molecular flexibility index (Phi) is 8.12. The summed E-state index contributed by atoms with van der Waals surface area (Å²) in [6.45, 7) is 5.35. The molecule has 3 saturated heterocycles. The molecule has 1 aromatic carbocycles. The van der Waals surface area contributed by atoms with Gasteiger partial charge in [-0.3, -0.25) is 14.7 Å².